The summed E-state index contributed by atoms with van der Waals surface area (Å²) in [5.41, 5.74) is 7.47. The highest BCUT2D eigenvalue weighted by atomic mass is 19.1. The highest BCUT2D eigenvalue weighted by Gasteiger charge is 2.32. The van der Waals surface area contributed by atoms with Gasteiger partial charge >= 0.3 is 5.97 Å². The number of carboxylic acid groups (broad SMARTS) is 1. The van der Waals surface area contributed by atoms with Crippen molar-refractivity contribution in [2.24, 2.45) is 5.73 Å². The second-order valence-electron chi connectivity index (χ2n) is 10.1. The molecule has 1 aliphatic rings. The minimum atomic E-state index is -1.21. The van der Waals surface area contributed by atoms with Crippen molar-refractivity contribution in [2.45, 2.75) is 50.7 Å². The molecule has 1 aliphatic heterocycles. The number of carbonyl (C=O) groups excluding carboxylic acids is 3. The lowest BCUT2D eigenvalue weighted by atomic mass is 10.0. The van der Waals surface area contributed by atoms with Gasteiger partial charge in [-0.25, -0.2) is 4.39 Å². The number of ether oxygens (including phenoxy) is 1. The molecular weight excluding hydrogens is 547 g/mol. The van der Waals surface area contributed by atoms with Crippen molar-refractivity contribution in [3.8, 4) is 5.75 Å². The number of rotatable bonds is 5. The van der Waals surface area contributed by atoms with Gasteiger partial charge in [0.15, 0.2) is 0 Å². The van der Waals surface area contributed by atoms with Crippen molar-refractivity contribution in [1.82, 2.24) is 20.9 Å². The van der Waals surface area contributed by atoms with Gasteiger partial charge in [0, 0.05) is 38.2 Å². The van der Waals surface area contributed by atoms with Gasteiger partial charge < -0.3 is 36.4 Å². The normalized spacial score (nSPS) is 21.2. The number of aryl methyl sites for hydroxylation is 1. The molecule has 0 fully saturated rings. The van der Waals surface area contributed by atoms with Crippen molar-refractivity contribution >= 4 is 29.5 Å². The fraction of sp³-hybridized carbons (Fsp3) is 0.414. The van der Waals surface area contributed by atoms with Gasteiger partial charge in [0.1, 0.15) is 36.1 Å². The molecule has 226 valence electrons. The highest BCUT2D eigenvalue weighted by molar-refractivity contribution is 5.95. The number of nitrogen functional groups attached to an aromatic ring is 1. The molecule has 3 rings (SSSR count). The number of hydrogen-bond acceptors (Lipinski definition) is 7. The molecule has 2 aromatic carbocycles. The molecule has 0 saturated heterocycles. The van der Waals surface area contributed by atoms with Crippen LogP contribution in [0.2, 0.25) is 0 Å². The number of aliphatic carboxylic acids is 1. The zero-order valence-corrected chi connectivity index (χ0v) is 23.6. The predicted octanol–water partition coefficient (Wildman–Crippen LogP) is 0.558. The Balaban J connectivity index is 1.87. The number of fused-ring (bicyclic) bond motifs is 1. The number of hydrogen-bond donors (Lipinski definition) is 6. The fourth-order valence-corrected chi connectivity index (χ4v) is 4.47. The maximum atomic E-state index is 13.9. The first-order valence-electron chi connectivity index (χ1n) is 13.6. The van der Waals surface area contributed by atoms with E-state index in [2.05, 4.69) is 16.0 Å². The third-order valence-electron chi connectivity index (χ3n) is 7.02. The lowest BCUT2D eigenvalue weighted by Crippen LogP contribution is -2.56. The summed E-state index contributed by atoms with van der Waals surface area (Å²) in [4.78, 5) is 52.3. The number of likely N-dealkylation sites (N-methyl/N-ethyl adjacent to an activating group) is 1. The summed E-state index contributed by atoms with van der Waals surface area (Å²) >= 11 is 0. The summed E-state index contributed by atoms with van der Waals surface area (Å²) in [6.07, 6.45) is 0.562. The summed E-state index contributed by atoms with van der Waals surface area (Å²) in [5.74, 6) is -3.15. The molecule has 1 heterocycles. The van der Waals surface area contributed by atoms with Gasteiger partial charge in [-0.15, -0.1) is 0 Å². The smallest absolute Gasteiger partial charge is 0.305 e. The number of amidine groups is 1. The Kier molecular flexibility index (Phi) is 11.4. The van der Waals surface area contributed by atoms with Crippen molar-refractivity contribution < 1.29 is 33.4 Å². The number of halogens is 1. The number of carboxylic acids is 1. The van der Waals surface area contributed by atoms with Gasteiger partial charge in [0.2, 0.25) is 17.7 Å². The maximum absolute atomic E-state index is 13.9. The van der Waals surface area contributed by atoms with Crippen LogP contribution < -0.4 is 26.4 Å². The highest BCUT2D eigenvalue weighted by Crippen LogP contribution is 2.21. The lowest BCUT2D eigenvalue weighted by Gasteiger charge is -2.29. The number of nitrogens with two attached hydrogens (primary N) is 1. The number of benzene rings is 2. The van der Waals surface area contributed by atoms with E-state index in [1.807, 2.05) is 0 Å². The molecule has 0 saturated carbocycles. The Hall–Kier alpha value is -4.52. The van der Waals surface area contributed by atoms with Gasteiger partial charge in [0.05, 0.1) is 12.5 Å². The minimum absolute atomic E-state index is 0.0332. The van der Waals surface area contributed by atoms with Crippen molar-refractivity contribution in [3.63, 3.8) is 0 Å². The SMILES string of the molecule is C[C@@H]1C(=O)N[C@H](Cc2ccc(C(=N)N)cc2)C(=O)NCCCc2ccc(F)cc2OCCN[C@@H](CC(=O)O)C(=O)N1C. The van der Waals surface area contributed by atoms with E-state index in [9.17, 15) is 28.7 Å². The summed E-state index contributed by atoms with van der Waals surface area (Å²) in [6.45, 7) is 1.88. The van der Waals surface area contributed by atoms with E-state index in [1.165, 1.54) is 26.1 Å². The Labute approximate surface area is 243 Å². The average molecular weight is 585 g/mol. The zero-order valence-electron chi connectivity index (χ0n) is 23.6. The molecule has 13 heteroatoms. The first kappa shape index (κ1) is 32.0. The van der Waals surface area contributed by atoms with Crippen LogP contribution in [0, 0.1) is 11.2 Å². The standard InChI is InChI=1S/C29H37FN6O6/c1-17-27(39)35-22(14-18-5-7-20(8-6-18)26(31)32)28(40)34-11-3-4-19-9-10-21(30)15-24(19)42-13-12-33-23(16-25(37)38)29(41)36(17)2/h5-10,15,17,22-23,33H,3-4,11-14,16H2,1-2H3,(H3,31,32)(H,34,40)(H,35,39)(H,37,38)/t17-,22-,23+/m1/s1. The summed E-state index contributed by atoms with van der Waals surface area (Å²) in [5, 5.41) is 25.4. The Bertz CT molecular complexity index is 1300. The van der Waals surface area contributed by atoms with Crippen molar-refractivity contribution in [2.75, 3.05) is 26.7 Å². The third-order valence-corrected chi connectivity index (χ3v) is 7.02. The molecule has 3 atom stereocenters. The molecule has 0 aromatic heterocycles. The van der Waals surface area contributed by atoms with E-state index in [4.69, 9.17) is 15.9 Å². The van der Waals surface area contributed by atoms with E-state index < -0.39 is 54.1 Å². The zero-order chi connectivity index (χ0) is 30.8. The molecule has 0 aliphatic carbocycles. The first-order valence-corrected chi connectivity index (χ1v) is 13.6. The number of amides is 3. The summed E-state index contributed by atoms with van der Waals surface area (Å²) < 4.78 is 19.7. The van der Waals surface area contributed by atoms with Crippen molar-refractivity contribution in [3.05, 3.63) is 65.0 Å². The molecule has 2 aromatic rings. The monoisotopic (exact) mass is 584 g/mol. The lowest BCUT2D eigenvalue weighted by molar-refractivity contribution is -0.145. The van der Waals surface area contributed by atoms with Gasteiger partial charge in [-0.2, -0.15) is 0 Å². The van der Waals surface area contributed by atoms with Crippen LogP contribution in [0.5, 0.6) is 5.75 Å². The molecule has 12 nitrogen and oxygen atoms in total. The second kappa shape index (κ2) is 14.9. The predicted molar refractivity (Wildman–Crippen MR) is 153 cm³/mol. The van der Waals surface area contributed by atoms with Gasteiger partial charge in [-0.3, -0.25) is 24.6 Å². The average Bonchev–Trinajstić information content (AvgIpc) is 2.95. The van der Waals surface area contributed by atoms with Crippen LogP contribution in [0.25, 0.3) is 0 Å². The molecule has 42 heavy (non-hydrogen) atoms. The molecule has 7 N–H and O–H groups in total. The second-order valence-corrected chi connectivity index (χ2v) is 10.1. The minimum Gasteiger partial charge on any atom is -0.492 e. The quantitative estimate of drug-likeness (QED) is 0.217. The van der Waals surface area contributed by atoms with Crippen LogP contribution in [0.1, 0.15) is 36.5 Å². The van der Waals surface area contributed by atoms with Crippen LogP contribution in [0.4, 0.5) is 4.39 Å². The van der Waals surface area contributed by atoms with E-state index in [-0.39, 0.29) is 32.0 Å². The molecule has 3 amide bonds. The van der Waals surface area contributed by atoms with Crippen LogP contribution in [-0.4, -0.2) is 84.4 Å². The molecular formula is C29H37FN6O6. The molecule has 0 bridgehead atoms. The fourth-order valence-electron chi connectivity index (χ4n) is 4.47. The van der Waals surface area contributed by atoms with Crippen molar-refractivity contribution in [1.29, 1.82) is 5.41 Å². The maximum Gasteiger partial charge on any atom is 0.305 e. The molecule has 0 unspecified atom stereocenters. The Morgan fingerprint density at radius 2 is 1.83 bits per heavy atom. The molecule has 0 radical (unpaired) electrons. The van der Waals surface area contributed by atoms with E-state index >= 15 is 0 Å². The van der Waals surface area contributed by atoms with Gasteiger partial charge in [0.25, 0.3) is 0 Å². The summed E-state index contributed by atoms with van der Waals surface area (Å²) in [6, 6.07) is 7.68. The van der Waals surface area contributed by atoms with Gasteiger partial charge in [-0.1, -0.05) is 30.3 Å². The number of carbonyl (C=O) groups is 4. The summed E-state index contributed by atoms with van der Waals surface area (Å²) in [7, 11) is 1.38. The molecule has 0 spiro atoms. The Morgan fingerprint density at radius 1 is 1.12 bits per heavy atom. The first-order chi connectivity index (χ1) is 20.0. The van der Waals surface area contributed by atoms with Crippen LogP contribution >= 0.6 is 0 Å². The van der Waals surface area contributed by atoms with Gasteiger partial charge in [-0.05, 0) is 37.0 Å². The number of nitrogens with one attached hydrogen (secondary N) is 4. The van der Waals surface area contributed by atoms with E-state index in [0.29, 0.717) is 35.3 Å². The van der Waals surface area contributed by atoms with Crippen LogP contribution in [0.15, 0.2) is 42.5 Å². The van der Waals surface area contributed by atoms with E-state index in [0.717, 1.165) is 4.90 Å². The third kappa shape index (κ3) is 8.99. The topological polar surface area (TPSA) is 187 Å². The Morgan fingerprint density at radius 3 is 2.50 bits per heavy atom. The number of nitrogens with zero attached hydrogens (tertiary/aromatic N) is 1. The largest absolute Gasteiger partial charge is 0.492 e. The van der Waals surface area contributed by atoms with Crippen LogP contribution in [-0.2, 0) is 32.0 Å². The van der Waals surface area contributed by atoms with E-state index in [1.54, 1.807) is 30.3 Å². The van der Waals surface area contributed by atoms with Crippen LogP contribution in [0.3, 0.4) is 0 Å².